The third-order valence-electron chi connectivity index (χ3n) is 5.31. The Morgan fingerprint density at radius 2 is 2.20 bits per heavy atom. The molecule has 2 aromatic heterocycles. The fraction of sp³-hybridized carbons (Fsp3) is 0.409. The molecule has 8 heteroatoms. The van der Waals surface area contributed by atoms with Gasteiger partial charge in [0.1, 0.15) is 17.9 Å². The predicted molar refractivity (Wildman–Crippen MR) is 111 cm³/mol. The van der Waals surface area contributed by atoms with Crippen molar-refractivity contribution in [2.45, 2.75) is 52.1 Å². The van der Waals surface area contributed by atoms with Crippen LogP contribution in [0.1, 0.15) is 47.3 Å². The van der Waals surface area contributed by atoms with Crippen molar-refractivity contribution in [1.82, 2.24) is 14.9 Å². The molecule has 1 aliphatic rings. The van der Waals surface area contributed by atoms with Gasteiger partial charge in [-0.3, -0.25) is 4.79 Å². The van der Waals surface area contributed by atoms with Crippen LogP contribution in [-0.2, 0) is 13.1 Å². The summed E-state index contributed by atoms with van der Waals surface area (Å²) in [5, 5.41) is 0.326. The number of nitrogens with zero attached hydrogens (tertiary/aromatic N) is 3. The summed E-state index contributed by atoms with van der Waals surface area (Å²) < 4.78 is 34.6. The molecule has 0 bridgehead atoms. The van der Waals surface area contributed by atoms with E-state index in [1.54, 1.807) is 31.0 Å². The standard InChI is InChI=1S/C22H24ClF2N3O2/c1-5-18(24)22(25,13(2)3)12-30-20-14(4)8-15(9-27-20)10-28-11-17-16(21(28)29)6-7-26-19(17)23/h6-9,18H,2,5,10-12H2,1,3-4H3. The highest BCUT2D eigenvalue weighted by Gasteiger charge is 2.41. The molecule has 0 spiro atoms. The highest BCUT2D eigenvalue weighted by molar-refractivity contribution is 6.30. The van der Waals surface area contributed by atoms with Gasteiger partial charge in [0.25, 0.3) is 5.91 Å². The quantitative estimate of drug-likeness (QED) is 0.432. The van der Waals surface area contributed by atoms with Crippen molar-refractivity contribution >= 4 is 17.5 Å². The van der Waals surface area contributed by atoms with Gasteiger partial charge in [-0.05, 0) is 43.5 Å². The summed E-state index contributed by atoms with van der Waals surface area (Å²) in [7, 11) is 0. The van der Waals surface area contributed by atoms with Gasteiger partial charge in [0.05, 0.1) is 6.54 Å². The van der Waals surface area contributed by atoms with Gasteiger partial charge >= 0.3 is 0 Å². The summed E-state index contributed by atoms with van der Waals surface area (Å²) in [5.41, 5.74) is 0.509. The highest BCUT2D eigenvalue weighted by atomic mass is 35.5. The molecule has 0 saturated heterocycles. The Labute approximate surface area is 179 Å². The first-order chi connectivity index (χ1) is 14.2. The smallest absolute Gasteiger partial charge is 0.254 e. The Morgan fingerprint density at radius 1 is 1.47 bits per heavy atom. The van der Waals surface area contributed by atoms with Gasteiger partial charge in [-0.15, -0.1) is 0 Å². The van der Waals surface area contributed by atoms with E-state index in [-0.39, 0.29) is 23.8 Å². The number of alkyl halides is 2. The molecule has 0 saturated carbocycles. The van der Waals surface area contributed by atoms with E-state index in [1.165, 1.54) is 13.1 Å². The van der Waals surface area contributed by atoms with Crippen LogP contribution in [-0.4, -0.2) is 39.2 Å². The summed E-state index contributed by atoms with van der Waals surface area (Å²) in [5.74, 6) is 0.0955. The van der Waals surface area contributed by atoms with Crippen LogP contribution in [0.2, 0.25) is 5.15 Å². The maximum atomic E-state index is 15.0. The topological polar surface area (TPSA) is 55.3 Å². The number of aryl methyl sites for hydroxylation is 1. The largest absolute Gasteiger partial charge is 0.474 e. The first kappa shape index (κ1) is 22.2. The summed E-state index contributed by atoms with van der Waals surface area (Å²) in [6.45, 7) is 8.55. The number of hydrogen-bond donors (Lipinski definition) is 0. The molecular formula is C22H24ClF2N3O2. The molecular weight excluding hydrogens is 412 g/mol. The summed E-state index contributed by atoms with van der Waals surface area (Å²) in [4.78, 5) is 22.5. The van der Waals surface area contributed by atoms with Crippen LogP contribution in [0, 0.1) is 6.92 Å². The molecule has 5 nitrogen and oxygen atoms in total. The fourth-order valence-corrected chi connectivity index (χ4v) is 3.65. The van der Waals surface area contributed by atoms with E-state index in [2.05, 4.69) is 16.5 Å². The lowest BCUT2D eigenvalue weighted by Gasteiger charge is -2.28. The molecule has 160 valence electrons. The normalized spacial score (nSPS) is 16.2. The van der Waals surface area contributed by atoms with E-state index in [1.807, 2.05) is 6.07 Å². The maximum absolute atomic E-state index is 15.0. The molecule has 2 atom stereocenters. The van der Waals surface area contributed by atoms with Crippen LogP contribution < -0.4 is 4.74 Å². The zero-order valence-electron chi connectivity index (χ0n) is 17.2. The van der Waals surface area contributed by atoms with E-state index in [0.29, 0.717) is 34.9 Å². The van der Waals surface area contributed by atoms with Gasteiger partial charge in [-0.25, -0.2) is 18.7 Å². The third-order valence-corrected chi connectivity index (χ3v) is 5.64. The minimum Gasteiger partial charge on any atom is -0.474 e. The molecule has 30 heavy (non-hydrogen) atoms. The van der Waals surface area contributed by atoms with Crippen LogP contribution in [0.5, 0.6) is 5.88 Å². The number of fused-ring (bicyclic) bond motifs is 1. The molecule has 0 radical (unpaired) electrons. The molecule has 0 N–H and O–H groups in total. The van der Waals surface area contributed by atoms with E-state index in [0.717, 1.165) is 5.56 Å². The molecule has 3 rings (SSSR count). The predicted octanol–water partition coefficient (Wildman–Crippen LogP) is 5.01. The average Bonchev–Trinajstić information content (AvgIpc) is 3.03. The summed E-state index contributed by atoms with van der Waals surface area (Å²) in [6, 6.07) is 3.47. The lowest BCUT2D eigenvalue weighted by molar-refractivity contribution is 0.0326. The van der Waals surface area contributed by atoms with Gasteiger partial charge in [-0.1, -0.05) is 25.1 Å². The number of carbonyl (C=O) groups excluding carboxylic acids is 1. The van der Waals surface area contributed by atoms with Crippen molar-refractivity contribution in [2.24, 2.45) is 0 Å². The average molecular weight is 436 g/mol. The van der Waals surface area contributed by atoms with Crippen LogP contribution in [0.4, 0.5) is 8.78 Å². The zero-order valence-corrected chi connectivity index (χ0v) is 18.0. The second-order valence-electron chi connectivity index (χ2n) is 7.56. The Bertz CT molecular complexity index is 985. The van der Waals surface area contributed by atoms with Crippen molar-refractivity contribution in [3.8, 4) is 5.88 Å². The van der Waals surface area contributed by atoms with Crippen molar-refractivity contribution in [2.75, 3.05) is 6.61 Å². The van der Waals surface area contributed by atoms with Crippen molar-refractivity contribution in [1.29, 1.82) is 0 Å². The van der Waals surface area contributed by atoms with E-state index < -0.39 is 18.4 Å². The first-order valence-corrected chi connectivity index (χ1v) is 10.0. The first-order valence-electron chi connectivity index (χ1n) is 9.67. The summed E-state index contributed by atoms with van der Waals surface area (Å²) >= 11 is 6.09. The highest BCUT2D eigenvalue weighted by Crippen LogP contribution is 2.31. The van der Waals surface area contributed by atoms with Crippen molar-refractivity contribution < 1.29 is 18.3 Å². The molecule has 0 aromatic carbocycles. The van der Waals surface area contributed by atoms with Gasteiger partial charge < -0.3 is 9.64 Å². The maximum Gasteiger partial charge on any atom is 0.254 e. The number of ether oxygens (including phenoxy) is 1. The molecule has 1 aliphatic heterocycles. The van der Waals surface area contributed by atoms with Gasteiger partial charge in [0, 0.05) is 35.6 Å². The molecule has 2 aromatic rings. The van der Waals surface area contributed by atoms with E-state index >= 15 is 0 Å². The minimum absolute atomic E-state index is 0.0177. The number of halogens is 3. The minimum atomic E-state index is -2.28. The lowest BCUT2D eigenvalue weighted by atomic mass is 9.92. The van der Waals surface area contributed by atoms with Crippen LogP contribution >= 0.6 is 11.6 Å². The molecule has 0 fully saturated rings. The molecule has 1 amide bonds. The molecule has 3 heterocycles. The SMILES string of the molecule is C=C(C)C(F)(COc1ncc(CN2Cc3c(ccnc3Cl)C2=O)cc1C)C(F)CC. The number of amides is 1. The number of carbonyl (C=O) groups is 1. The third kappa shape index (κ3) is 4.17. The number of pyridine rings is 2. The second kappa shape index (κ2) is 8.68. The van der Waals surface area contributed by atoms with Gasteiger partial charge in [0.15, 0.2) is 5.67 Å². The zero-order chi connectivity index (χ0) is 22.1. The van der Waals surface area contributed by atoms with E-state index in [9.17, 15) is 13.6 Å². The second-order valence-corrected chi connectivity index (χ2v) is 7.92. The Kier molecular flexibility index (Phi) is 6.41. The monoisotopic (exact) mass is 435 g/mol. The molecule has 0 aliphatic carbocycles. The van der Waals surface area contributed by atoms with Crippen LogP contribution in [0.15, 0.2) is 36.7 Å². The number of aromatic nitrogens is 2. The number of hydrogen-bond acceptors (Lipinski definition) is 4. The Balaban J connectivity index is 1.70. The Hall–Kier alpha value is -2.54. The Morgan fingerprint density at radius 3 is 2.80 bits per heavy atom. The summed E-state index contributed by atoms with van der Waals surface area (Å²) in [6.07, 6.45) is 1.38. The van der Waals surface area contributed by atoms with Gasteiger partial charge in [0.2, 0.25) is 5.88 Å². The van der Waals surface area contributed by atoms with E-state index in [4.69, 9.17) is 16.3 Å². The van der Waals surface area contributed by atoms with Gasteiger partial charge in [-0.2, -0.15) is 0 Å². The van der Waals surface area contributed by atoms with Crippen molar-refractivity contribution in [3.63, 3.8) is 0 Å². The van der Waals surface area contributed by atoms with Crippen molar-refractivity contribution in [3.05, 3.63) is 64.1 Å². The lowest BCUT2D eigenvalue weighted by Crippen LogP contribution is -2.41. The molecule has 2 unspecified atom stereocenters. The fourth-order valence-electron chi connectivity index (χ4n) is 3.43. The van der Waals surface area contributed by atoms with Crippen LogP contribution in [0.3, 0.4) is 0 Å². The van der Waals surface area contributed by atoms with Crippen LogP contribution in [0.25, 0.3) is 0 Å². The number of rotatable bonds is 8.